The number of carbonyl (C=O) groups is 1. The summed E-state index contributed by atoms with van der Waals surface area (Å²) in [4.78, 5) is 14.6. The van der Waals surface area contributed by atoms with Gasteiger partial charge in [0.1, 0.15) is 0 Å². The van der Waals surface area contributed by atoms with Gasteiger partial charge < -0.3 is 9.72 Å². The minimum atomic E-state index is -0.129. The van der Waals surface area contributed by atoms with E-state index in [9.17, 15) is 4.79 Å². The minimum absolute atomic E-state index is 0.129. The van der Waals surface area contributed by atoms with Crippen LogP contribution in [0, 0.1) is 6.92 Å². The monoisotopic (exact) mass is 231 g/mol. The van der Waals surface area contributed by atoms with Crippen LogP contribution in [0.15, 0.2) is 24.4 Å². The highest BCUT2D eigenvalue weighted by atomic mass is 16.5. The number of hydrogen-bond donors (Lipinski definition) is 1. The summed E-state index contributed by atoms with van der Waals surface area (Å²) in [5, 5.41) is 1.23. The highest BCUT2D eigenvalue weighted by Crippen LogP contribution is 2.23. The number of aryl methyl sites for hydroxylation is 2. The van der Waals surface area contributed by atoms with Gasteiger partial charge in [-0.2, -0.15) is 0 Å². The van der Waals surface area contributed by atoms with Crippen molar-refractivity contribution >= 4 is 16.9 Å². The molecule has 0 spiro atoms. The van der Waals surface area contributed by atoms with Crippen LogP contribution in [-0.4, -0.2) is 17.6 Å². The van der Waals surface area contributed by atoms with Crippen molar-refractivity contribution in [2.75, 3.05) is 6.61 Å². The quantitative estimate of drug-likeness (QED) is 0.822. The van der Waals surface area contributed by atoms with E-state index in [0.29, 0.717) is 13.0 Å². The summed E-state index contributed by atoms with van der Waals surface area (Å²) in [6.07, 6.45) is 3.15. The Morgan fingerprint density at radius 1 is 1.41 bits per heavy atom. The molecule has 0 aliphatic heterocycles. The molecule has 0 fully saturated rings. The Hall–Kier alpha value is -1.77. The molecule has 1 aromatic carbocycles. The molecule has 2 rings (SSSR count). The topological polar surface area (TPSA) is 42.1 Å². The predicted molar refractivity (Wildman–Crippen MR) is 68.0 cm³/mol. The Balaban J connectivity index is 2.16. The van der Waals surface area contributed by atoms with Crippen molar-refractivity contribution in [1.29, 1.82) is 0 Å². The van der Waals surface area contributed by atoms with Crippen LogP contribution in [0.3, 0.4) is 0 Å². The lowest BCUT2D eigenvalue weighted by molar-refractivity contribution is -0.143. The lowest BCUT2D eigenvalue weighted by Crippen LogP contribution is -2.04. The summed E-state index contributed by atoms with van der Waals surface area (Å²) in [6, 6.07) is 6.17. The third kappa shape index (κ3) is 2.49. The van der Waals surface area contributed by atoms with Crippen molar-refractivity contribution in [3.05, 3.63) is 35.5 Å². The number of aromatic nitrogens is 1. The second-order valence-corrected chi connectivity index (χ2v) is 4.12. The number of fused-ring (bicyclic) bond motifs is 1. The van der Waals surface area contributed by atoms with Gasteiger partial charge in [0.15, 0.2) is 0 Å². The van der Waals surface area contributed by atoms with Gasteiger partial charge in [0, 0.05) is 23.5 Å². The molecule has 90 valence electrons. The normalized spacial score (nSPS) is 10.7. The van der Waals surface area contributed by atoms with Crippen LogP contribution >= 0.6 is 0 Å². The Morgan fingerprint density at radius 2 is 2.24 bits per heavy atom. The van der Waals surface area contributed by atoms with E-state index in [2.05, 4.69) is 24.0 Å². The van der Waals surface area contributed by atoms with Gasteiger partial charge >= 0.3 is 5.97 Å². The molecule has 0 unspecified atom stereocenters. The van der Waals surface area contributed by atoms with E-state index in [-0.39, 0.29) is 5.97 Å². The van der Waals surface area contributed by atoms with Crippen LogP contribution in [0.25, 0.3) is 10.9 Å². The fourth-order valence-electron chi connectivity index (χ4n) is 2.12. The van der Waals surface area contributed by atoms with Crippen molar-refractivity contribution < 1.29 is 9.53 Å². The zero-order valence-corrected chi connectivity index (χ0v) is 10.2. The Labute approximate surface area is 101 Å². The van der Waals surface area contributed by atoms with Gasteiger partial charge in [-0.3, -0.25) is 4.79 Å². The number of carbonyl (C=O) groups excluding carboxylic acids is 1. The smallest absolute Gasteiger partial charge is 0.306 e. The number of rotatable bonds is 4. The lowest BCUT2D eigenvalue weighted by Gasteiger charge is -2.02. The molecule has 3 nitrogen and oxygen atoms in total. The summed E-state index contributed by atoms with van der Waals surface area (Å²) in [6.45, 7) is 4.36. The summed E-state index contributed by atoms with van der Waals surface area (Å²) in [7, 11) is 0. The van der Waals surface area contributed by atoms with Gasteiger partial charge in [0.05, 0.1) is 6.61 Å². The van der Waals surface area contributed by atoms with E-state index in [1.165, 1.54) is 16.5 Å². The molecule has 0 atom stereocenters. The highest BCUT2D eigenvalue weighted by molar-refractivity contribution is 5.86. The standard InChI is InChI=1S/C14H17NO2/c1-3-17-13(16)8-7-11-9-15-12-6-4-5-10(2)14(11)12/h4-6,9,15H,3,7-8H2,1-2H3. The van der Waals surface area contributed by atoms with E-state index in [1.807, 2.05) is 19.2 Å². The van der Waals surface area contributed by atoms with Crippen LogP contribution < -0.4 is 0 Å². The molecule has 0 bridgehead atoms. The summed E-state index contributed by atoms with van der Waals surface area (Å²) < 4.78 is 4.93. The highest BCUT2D eigenvalue weighted by Gasteiger charge is 2.08. The molecule has 0 saturated heterocycles. The fraction of sp³-hybridized carbons (Fsp3) is 0.357. The van der Waals surface area contributed by atoms with Crippen LogP contribution in [0.2, 0.25) is 0 Å². The summed E-state index contributed by atoms with van der Waals surface area (Å²) in [5.41, 5.74) is 3.55. The number of hydrogen-bond acceptors (Lipinski definition) is 2. The van der Waals surface area contributed by atoms with Gasteiger partial charge in [0.2, 0.25) is 0 Å². The second-order valence-electron chi connectivity index (χ2n) is 4.12. The third-order valence-corrected chi connectivity index (χ3v) is 2.90. The average molecular weight is 231 g/mol. The van der Waals surface area contributed by atoms with Crippen molar-refractivity contribution in [2.45, 2.75) is 26.7 Å². The van der Waals surface area contributed by atoms with E-state index >= 15 is 0 Å². The van der Waals surface area contributed by atoms with Crippen LogP contribution in [-0.2, 0) is 16.0 Å². The molecule has 1 aromatic heterocycles. The Kier molecular flexibility index (Phi) is 3.47. The average Bonchev–Trinajstić information content (AvgIpc) is 2.71. The molecule has 2 aromatic rings. The lowest BCUT2D eigenvalue weighted by atomic mass is 10.0. The molecule has 0 radical (unpaired) electrons. The molecule has 17 heavy (non-hydrogen) atoms. The van der Waals surface area contributed by atoms with Crippen LogP contribution in [0.5, 0.6) is 0 Å². The van der Waals surface area contributed by atoms with E-state index in [4.69, 9.17) is 4.74 Å². The maximum absolute atomic E-state index is 11.3. The Bertz CT molecular complexity index is 528. The maximum Gasteiger partial charge on any atom is 0.306 e. The van der Waals surface area contributed by atoms with Gasteiger partial charge in [-0.05, 0) is 37.5 Å². The van der Waals surface area contributed by atoms with Gasteiger partial charge in [-0.15, -0.1) is 0 Å². The number of aromatic amines is 1. The SMILES string of the molecule is CCOC(=O)CCc1c[nH]c2cccc(C)c12. The zero-order valence-electron chi connectivity index (χ0n) is 10.2. The van der Waals surface area contributed by atoms with Gasteiger partial charge in [-0.1, -0.05) is 12.1 Å². The molecular formula is C14H17NO2. The van der Waals surface area contributed by atoms with Crippen LogP contribution in [0.4, 0.5) is 0 Å². The Morgan fingerprint density at radius 3 is 3.00 bits per heavy atom. The molecule has 3 heteroatoms. The first-order valence-corrected chi connectivity index (χ1v) is 5.93. The van der Waals surface area contributed by atoms with Crippen molar-refractivity contribution in [2.24, 2.45) is 0 Å². The molecule has 0 amide bonds. The third-order valence-electron chi connectivity index (χ3n) is 2.90. The van der Waals surface area contributed by atoms with Crippen molar-refractivity contribution in [1.82, 2.24) is 4.98 Å². The number of ether oxygens (including phenoxy) is 1. The first-order valence-electron chi connectivity index (χ1n) is 5.93. The minimum Gasteiger partial charge on any atom is -0.466 e. The number of benzene rings is 1. The van der Waals surface area contributed by atoms with Gasteiger partial charge in [-0.25, -0.2) is 0 Å². The van der Waals surface area contributed by atoms with Crippen molar-refractivity contribution in [3.8, 4) is 0 Å². The maximum atomic E-state index is 11.3. The molecule has 0 aliphatic carbocycles. The summed E-state index contributed by atoms with van der Waals surface area (Å²) >= 11 is 0. The molecule has 1 N–H and O–H groups in total. The molecule has 1 heterocycles. The molecule has 0 saturated carbocycles. The molecular weight excluding hydrogens is 214 g/mol. The van der Waals surface area contributed by atoms with Crippen molar-refractivity contribution in [3.63, 3.8) is 0 Å². The largest absolute Gasteiger partial charge is 0.466 e. The number of H-pyrrole nitrogens is 1. The fourth-order valence-corrected chi connectivity index (χ4v) is 2.12. The van der Waals surface area contributed by atoms with E-state index in [0.717, 1.165) is 11.9 Å². The zero-order chi connectivity index (χ0) is 12.3. The second kappa shape index (κ2) is 5.04. The molecule has 0 aliphatic rings. The first-order chi connectivity index (χ1) is 8.22. The summed E-state index contributed by atoms with van der Waals surface area (Å²) in [5.74, 6) is -0.129. The van der Waals surface area contributed by atoms with E-state index in [1.54, 1.807) is 0 Å². The number of nitrogens with one attached hydrogen (secondary N) is 1. The predicted octanol–water partition coefficient (Wildman–Crippen LogP) is 2.97. The van der Waals surface area contributed by atoms with E-state index < -0.39 is 0 Å². The van der Waals surface area contributed by atoms with Crippen LogP contribution in [0.1, 0.15) is 24.5 Å². The van der Waals surface area contributed by atoms with Gasteiger partial charge in [0.25, 0.3) is 0 Å². The first kappa shape index (κ1) is 11.7. The number of esters is 1.